The van der Waals surface area contributed by atoms with Crippen molar-refractivity contribution >= 4 is 17.6 Å². The summed E-state index contributed by atoms with van der Waals surface area (Å²) in [6.45, 7) is 0.295. The first-order valence-electron chi connectivity index (χ1n) is 7.23. The van der Waals surface area contributed by atoms with Crippen LogP contribution in [0.1, 0.15) is 5.56 Å². The number of hydrogen-bond acceptors (Lipinski definition) is 4. The average Bonchev–Trinajstić information content (AvgIpc) is 2.60. The second-order valence-corrected chi connectivity index (χ2v) is 4.88. The number of nitrogens with one attached hydrogen (secondary N) is 2. The van der Waals surface area contributed by atoms with Gasteiger partial charge in [-0.15, -0.1) is 0 Å². The Morgan fingerprint density at radius 2 is 1.88 bits per heavy atom. The van der Waals surface area contributed by atoms with E-state index in [1.807, 2.05) is 30.3 Å². The zero-order valence-electron chi connectivity index (χ0n) is 13.1. The van der Waals surface area contributed by atoms with E-state index < -0.39 is 17.7 Å². The van der Waals surface area contributed by atoms with Gasteiger partial charge in [0, 0.05) is 12.2 Å². The largest absolute Gasteiger partial charge is 0.466 e. The van der Waals surface area contributed by atoms with Crippen LogP contribution in [0.15, 0.2) is 66.4 Å². The van der Waals surface area contributed by atoms with Crippen molar-refractivity contribution in [2.24, 2.45) is 0 Å². The van der Waals surface area contributed by atoms with Crippen LogP contribution in [0.2, 0.25) is 0 Å². The quantitative estimate of drug-likeness (QED) is 0.632. The molecular weight excluding hydrogens is 311 g/mol. The highest BCUT2D eigenvalue weighted by atomic mass is 19.1. The maximum atomic E-state index is 13.3. The van der Waals surface area contributed by atoms with E-state index in [1.54, 1.807) is 6.07 Å². The van der Waals surface area contributed by atoms with Crippen molar-refractivity contribution in [2.45, 2.75) is 6.54 Å². The highest BCUT2D eigenvalue weighted by Crippen LogP contribution is 2.12. The van der Waals surface area contributed by atoms with Crippen molar-refractivity contribution in [1.82, 2.24) is 5.32 Å². The fraction of sp³-hybridized carbons (Fsp3) is 0.111. The Morgan fingerprint density at radius 3 is 2.54 bits per heavy atom. The Morgan fingerprint density at radius 1 is 1.12 bits per heavy atom. The van der Waals surface area contributed by atoms with Crippen LogP contribution in [0.5, 0.6) is 0 Å². The number of benzene rings is 2. The predicted octanol–water partition coefficient (Wildman–Crippen LogP) is 2.61. The van der Waals surface area contributed by atoms with Gasteiger partial charge in [-0.1, -0.05) is 36.4 Å². The summed E-state index contributed by atoms with van der Waals surface area (Å²) in [6.07, 6.45) is 1.02. The molecule has 5 nitrogen and oxygen atoms in total. The highest BCUT2D eigenvalue weighted by molar-refractivity contribution is 6.01. The molecular formula is C18H17FN2O3. The minimum atomic E-state index is -0.691. The van der Waals surface area contributed by atoms with Crippen molar-refractivity contribution in [1.29, 1.82) is 0 Å². The maximum absolute atomic E-state index is 13.3. The number of ether oxygens (including phenoxy) is 1. The molecule has 0 radical (unpaired) electrons. The van der Waals surface area contributed by atoms with Gasteiger partial charge < -0.3 is 15.4 Å². The van der Waals surface area contributed by atoms with Gasteiger partial charge >= 0.3 is 5.97 Å². The Hall–Kier alpha value is -3.15. The third-order valence-corrected chi connectivity index (χ3v) is 3.11. The van der Waals surface area contributed by atoms with Crippen molar-refractivity contribution < 1.29 is 18.7 Å². The van der Waals surface area contributed by atoms with Crippen LogP contribution in [0.25, 0.3) is 0 Å². The molecule has 24 heavy (non-hydrogen) atoms. The van der Waals surface area contributed by atoms with E-state index in [1.165, 1.54) is 25.3 Å². The number of anilines is 1. The van der Waals surface area contributed by atoms with Crippen molar-refractivity contribution in [3.63, 3.8) is 0 Å². The van der Waals surface area contributed by atoms with Crippen molar-refractivity contribution in [2.75, 3.05) is 12.4 Å². The summed E-state index contributed by atoms with van der Waals surface area (Å²) >= 11 is 0. The lowest BCUT2D eigenvalue weighted by Crippen LogP contribution is -2.28. The van der Waals surface area contributed by atoms with Crippen LogP contribution in [0, 0.1) is 5.82 Å². The van der Waals surface area contributed by atoms with E-state index in [9.17, 15) is 14.0 Å². The van der Waals surface area contributed by atoms with Crippen LogP contribution in [-0.4, -0.2) is 19.0 Å². The van der Waals surface area contributed by atoms with E-state index >= 15 is 0 Å². The normalized spacial score (nSPS) is 10.8. The first kappa shape index (κ1) is 17.2. The molecule has 0 heterocycles. The molecule has 2 aromatic carbocycles. The Balaban J connectivity index is 2.11. The molecule has 0 saturated carbocycles. The molecule has 2 aromatic rings. The second-order valence-electron chi connectivity index (χ2n) is 4.88. The summed E-state index contributed by atoms with van der Waals surface area (Å²) in [5, 5.41) is 5.42. The fourth-order valence-corrected chi connectivity index (χ4v) is 1.93. The van der Waals surface area contributed by atoms with Crippen LogP contribution in [0.4, 0.5) is 10.1 Å². The van der Waals surface area contributed by atoms with Crippen LogP contribution < -0.4 is 10.6 Å². The molecule has 6 heteroatoms. The van der Waals surface area contributed by atoms with Gasteiger partial charge in [0.15, 0.2) is 0 Å². The topological polar surface area (TPSA) is 67.4 Å². The highest BCUT2D eigenvalue weighted by Gasteiger charge is 2.12. The number of rotatable bonds is 6. The number of hydrogen-bond donors (Lipinski definition) is 2. The lowest BCUT2D eigenvalue weighted by atomic mass is 10.2. The number of carbonyl (C=O) groups excluding carboxylic acids is 2. The Labute approximate surface area is 139 Å². The van der Waals surface area contributed by atoms with E-state index in [4.69, 9.17) is 0 Å². The second kappa shape index (κ2) is 8.47. The van der Waals surface area contributed by atoms with E-state index in [2.05, 4.69) is 15.4 Å². The summed E-state index contributed by atoms with van der Waals surface area (Å²) in [5.74, 6) is -1.65. The molecule has 0 bridgehead atoms. The molecule has 0 atom stereocenters. The van der Waals surface area contributed by atoms with Gasteiger partial charge in [-0.3, -0.25) is 4.79 Å². The zero-order chi connectivity index (χ0) is 17.4. The molecule has 0 fully saturated rings. The SMILES string of the molecule is COC(=O)/C=C(\Nc1cccc(F)c1)C(=O)NCc1ccccc1. The number of carbonyl (C=O) groups is 2. The third-order valence-electron chi connectivity index (χ3n) is 3.11. The summed E-state index contributed by atoms with van der Waals surface area (Å²) in [4.78, 5) is 23.8. The predicted molar refractivity (Wildman–Crippen MR) is 88.4 cm³/mol. The van der Waals surface area contributed by atoms with Crippen molar-refractivity contribution in [3.05, 3.63) is 77.8 Å². The maximum Gasteiger partial charge on any atom is 0.332 e. The van der Waals surface area contributed by atoms with Gasteiger partial charge in [-0.2, -0.15) is 0 Å². The molecule has 0 spiro atoms. The summed E-state index contributed by atoms with van der Waals surface area (Å²) < 4.78 is 17.8. The summed E-state index contributed by atoms with van der Waals surface area (Å²) in [7, 11) is 1.21. The first-order valence-corrected chi connectivity index (χ1v) is 7.23. The Kier molecular flexibility index (Phi) is 6.08. The standard InChI is InChI=1S/C18H17FN2O3/c1-24-17(22)11-16(21-15-9-5-8-14(19)10-15)18(23)20-12-13-6-3-2-4-7-13/h2-11,21H,12H2,1H3,(H,20,23)/b16-11-. The molecule has 0 aromatic heterocycles. The van der Waals surface area contributed by atoms with E-state index in [0.717, 1.165) is 11.6 Å². The monoisotopic (exact) mass is 328 g/mol. The van der Waals surface area contributed by atoms with Crippen LogP contribution in [0.3, 0.4) is 0 Å². The molecule has 124 valence electrons. The van der Waals surface area contributed by atoms with Gasteiger partial charge in [0.25, 0.3) is 5.91 Å². The molecule has 1 amide bonds. The molecule has 0 saturated heterocycles. The minimum Gasteiger partial charge on any atom is -0.466 e. The Bertz CT molecular complexity index is 745. The molecule has 0 unspecified atom stereocenters. The minimum absolute atomic E-state index is 0.0385. The molecule has 0 aliphatic carbocycles. The molecule has 2 rings (SSSR count). The van der Waals surface area contributed by atoms with Gasteiger partial charge in [0.2, 0.25) is 0 Å². The van der Waals surface area contributed by atoms with Crippen LogP contribution in [-0.2, 0) is 20.9 Å². The molecule has 0 aliphatic rings. The number of halogens is 1. The molecule has 2 N–H and O–H groups in total. The number of esters is 1. The van der Waals surface area contributed by atoms with Crippen LogP contribution >= 0.6 is 0 Å². The number of methoxy groups -OCH3 is 1. The smallest absolute Gasteiger partial charge is 0.332 e. The summed E-state index contributed by atoms with van der Waals surface area (Å²) in [5.41, 5.74) is 1.22. The van der Waals surface area contributed by atoms with E-state index in [-0.39, 0.29) is 5.70 Å². The summed E-state index contributed by atoms with van der Waals surface area (Å²) in [6, 6.07) is 14.9. The third kappa shape index (κ3) is 5.24. The first-order chi connectivity index (χ1) is 11.6. The molecule has 0 aliphatic heterocycles. The lowest BCUT2D eigenvalue weighted by molar-refractivity contribution is -0.135. The average molecular weight is 328 g/mol. The van der Waals surface area contributed by atoms with Gasteiger partial charge in [-0.25, -0.2) is 9.18 Å². The fourth-order valence-electron chi connectivity index (χ4n) is 1.93. The van der Waals surface area contributed by atoms with E-state index in [0.29, 0.717) is 12.2 Å². The zero-order valence-corrected chi connectivity index (χ0v) is 13.1. The number of amides is 1. The van der Waals surface area contributed by atoms with Gasteiger partial charge in [0.05, 0.1) is 13.2 Å². The van der Waals surface area contributed by atoms with Crippen molar-refractivity contribution in [3.8, 4) is 0 Å². The van der Waals surface area contributed by atoms with Gasteiger partial charge in [-0.05, 0) is 23.8 Å². The van der Waals surface area contributed by atoms with Gasteiger partial charge in [0.1, 0.15) is 11.5 Å². The lowest BCUT2D eigenvalue weighted by Gasteiger charge is -2.11.